The van der Waals surface area contributed by atoms with E-state index in [2.05, 4.69) is 34.4 Å². The number of aliphatic hydroxyl groups excluding tert-OH is 2. The minimum Gasteiger partial charge on any atom is -0.386 e. The first-order valence-corrected chi connectivity index (χ1v) is 23.7. The smallest absolute Gasteiger partial charge is 0.386 e. The van der Waals surface area contributed by atoms with Crippen molar-refractivity contribution >= 4 is 77.7 Å². The highest BCUT2D eigenvalue weighted by Crippen LogP contribution is 2.61. The first kappa shape index (κ1) is 47.9. The van der Waals surface area contributed by atoms with E-state index in [1.54, 1.807) is 0 Å². The predicted molar refractivity (Wildman–Crippen MR) is 191 cm³/mol. The molecule has 1 saturated heterocycles. The number of imidazole rings is 1. The Bertz CT molecular complexity index is 1980. The fourth-order valence-corrected chi connectivity index (χ4v) is 10.2. The van der Waals surface area contributed by atoms with E-state index in [1.807, 2.05) is 0 Å². The third kappa shape index (κ3) is 14.7. The topological polar surface area (TPSA) is 398 Å². The number of ketones is 1. The number of nitrogens with one attached hydrogen (secondary N) is 2. The maximum absolute atomic E-state index is 12.7. The number of nitrogens with zero attached hydrogens (tertiary/aromatic N) is 4. The summed E-state index contributed by atoms with van der Waals surface area (Å²) >= 11 is 0. The Balaban J connectivity index is 1.49. The normalized spacial score (nSPS) is 21.9. The van der Waals surface area contributed by atoms with Crippen LogP contribution in [0.4, 0.5) is 5.82 Å². The highest BCUT2D eigenvalue weighted by atomic mass is 33.1. The fourth-order valence-electron chi connectivity index (χ4n) is 4.63. The molecule has 26 nitrogen and oxygen atoms in total. The Labute approximate surface area is 322 Å². The number of rotatable bonds is 23. The number of fused-ring (bicyclic) bond motifs is 1. The molecule has 2 amide bonds. The van der Waals surface area contributed by atoms with E-state index in [4.69, 9.17) is 19.5 Å². The quantitative estimate of drug-likeness (QED) is 0.0346. The van der Waals surface area contributed by atoms with Gasteiger partial charge in [0.2, 0.25) is 20.7 Å². The van der Waals surface area contributed by atoms with E-state index < -0.39 is 93.4 Å². The van der Waals surface area contributed by atoms with Gasteiger partial charge in [0.15, 0.2) is 17.7 Å². The highest BCUT2D eigenvalue weighted by molar-refractivity contribution is 8.72. The van der Waals surface area contributed by atoms with Crippen molar-refractivity contribution in [2.75, 3.05) is 43.5 Å². The Morgan fingerprint density at radius 3 is 2.36 bits per heavy atom. The molecule has 3 heterocycles. The number of phosphoric acid groups is 3. The summed E-state index contributed by atoms with van der Waals surface area (Å²) in [6, 6.07) is 0. The van der Waals surface area contributed by atoms with Gasteiger partial charge in [-0.05, 0) is 17.7 Å². The maximum atomic E-state index is 12.7. The van der Waals surface area contributed by atoms with E-state index in [-0.39, 0.29) is 60.2 Å². The molecule has 0 aliphatic carbocycles. The zero-order valence-electron chi connectivity index (χ0n) is 29.7. The summed E-state index contributed by atoms with van der Waals surface area (Å²) in [5, 5.41) is 26.1. The van der Waals surface area contributed by atoms with E-state index in [9.17, 15) is 66.3 Å². The van der Waals surface area contributed by atoms with E-state index in [0.29, 0.717) is 10.8 Å². The lowest BCUT2D eigenvalue weighted by atomic mass is 9.87. The van der Waals surface area contributed by atoms with Crippen LogP contribution in [0.25, 0.3) is 11.2 Å². The third-order valence-corrected chi connectivity index (χ3v) is 14.1. The average Bonchev–Trinajstić information content (AvgIpc) is 3.63. The van der Waals surface area contributed by atoms with Gasteiger partial charge in [-0.3, -0.25) is 32.5 Å². The molecule has 2 unspecified atom stereocenters. The van der Waals surface area contributed by atoms with Gasteiger partial charge in [0.25, 0.3) is 0 Å². The van der Waals surface area contributed by atoms with Gasteiger partial charge < -0.3 is 50.9 Å². The monoisotopic (exact) mass is 901 g/mol. The van der Waals surface area contributed by atoms with Crippen LogP contribution in [0, 0.1) is 5.41 Å². The summed E-state index contributed by atoms with van der Waals surface area (Å²) in [5.41, 5.74) is 4.18. The summed E-state index contributed by atoms with van der Waals surface area (Å²) in [5.74, 6) is -2.25. The van der Waals surface area contributed by atoms with Gasteiger partial charge in [-0.1, -0.05) is 13.8 Å². The molecule has 1 fully saturated rings. The summed E-state index contributed by atoms with van der Waals surface area (Å²) in [6.07, 6.45) is -7.28. The average molecular weight is 902 g/mol. The molecule has 31 heteroatoms. The molecule has 0 saturated carbocycles. The van der Waals surface area contributed by atoms with Crippen molar-refractivity contribution in [3.63, 3.8) is 0 Å². The number of hydrogen-bond acceptors (Lipinski definition) is 20. The van der Waals surface area contributed by atoms with Gasteiger partial charge in [0.1, 0.15) is 42.0 Å². The number of ether oxygens (including phenoxy) is 1. The molecule has 0 radical (unpaired) electrons. The second kappa shape index (κ2) is 19.5. The zero-order chi connectivity index (χ0) is 42.3. The predicted octanol–water partition coefficient (Wildman–Crippen LogP) is -1.55. The van der Waals surface area contributed by atoms with Gasteiger partial charge >= 0.3 is 23.5 Å². The van der Waals surface area contributed by atoms with Crippen molar-refractivity contribution in [3.8, 4) is 0 Å². The lowest BCUT2D eigenvalue weighted by Gasteiger charge is -2.30. The molecule has 318 valence electrons. The first-order valence-electron chi connectivity index (χ1n) is 16.0. The number of phosphoric ester groups is 3. The molecule has 2 aromatic rings. The Kier molecular flexibility index (Phi) is 16.7. The van der Waals surface area contributed by atoms with Crippen molar-refractivity contribution in [1.82, 2.24) is 30.2 Å². The molecule has 0 spiro atoms. The van der Waals surface area contributed by atoms with Crippen molar-refractivity contribution in [1.29, 1.82) is 0 Å². The SMILES string of the molecule is CC(=O)CCS(=O)(=O)SCCNC(=O)CCNC(=O)[C@H](O)C(C)(C)COP(=O)(O)OP(=O)(O)OC[C@H]1O[C@@H](n2cnc3c(N)ncnc32)[C@H](O)[C@@H]1OP(=O)(O)O. The number of nitrogens with two attached hydrogens (primary N) is 1. The number of nitrogen functional groups attached to an aromatic ring is 1. The molecule has 10 N–H and O–H groups in total. The number of aliphatic hydroxyl groups is 2. The molecule has 7 atom stereocenters. The van der Waals surface area contributed by atoms with Crippen LogP contribution in [-0.4, -0.2) is 138 Å². The van der Waals surface area contributed by atoms with Crippen molar-refractivity contribution in [3.05, 3.63) is 12.7 Å². The third-order valence-electron chi connectivity index (χ3n) is 7.47. The standard InChI is InChI=1S/C25H42N7O19P3S2/c1-14(33)5-9-56(45,46)55-8-7-27-16(34)4-6-28-23(37)20(36)25(2,3)11-48-54(43,44)51-53(41,42)47-10-15-19(50-52(38,39)40)18(35)24(49-15)32-13-31-17-21(26)29-12-30-22(17)32/h12-13,15,18-20,24,35-36H,4-11H2,1-3H3,(H,27,34)(H,28,37)(H,41,42)(H,43,44)(H2,26,29,30)(H2,38,39,40)/t15-,18-,19-,20+,24-/m1/s1. The van der Waals surface area contributed by atoms with Gasteiger partial charge in [-0.25, -0.2) is 37.1 Å². The number of aromatic nitrogens is 4. The Hall–Kier alpha value is -2.49. The number of anilines is 1. The van der Waals surface area contributed by atoms with Crippen molar-refractivity contribution in [2.45, 2.75) is 64.3 Å². The molecule has 56 heavy (non-hydrogen) atoms. The number of carbonyl (C=O) groups excluding carboxylic acids is 3. The Morgan fingerprint density at radius 2 is 1.71 bits per heavy atom. The van der Waals surface area contributed by atoms with Crippen LogP contribution >= 0.6 is 34.3 Å². The first-order chi connectivity index (χ1) is 25.7. The fraction of sp³-hybridized carbons (Fsp3) is 0.680. The number of amides is 2. The van der Waals surface area contributed by atoms with E-state index in [1.165, 1.54) is 20.8 Å². The highest BCUT2D eigenvalue weighted by Gasteiger charge is 2.50. The lowest BCUT2D eigenvalue weighted by Crippen LogP contribution is -2.46. The number of carbonyl (C=O) groups is 3. The van der Waals surface area contributed by atoms with Gasteiger partial charge in [-0.2, -0.15) is 4.31 Å². The van der Waals surface area contributed by atoms with Crippen molar-refractivity contribution < 1.29 is 88.9 Å². The maximum Gasteiger partial charge on any atom is 0.481 e. The summed E-state index contributed by atoms with van der Waals surface area (Å²) < 4.78 is 85.6. The van der Waals surface area contributed by atoms with E-state index in [0.717, 1.165) is 17.2 Å². The zero-order valence-corrected chi connectivity index (χ0v) is 34.0. The van der Waals surface area contributed by atoms with Crippen LogP contribution in [-0.2, 0) is 59.6 Å². The van der Waals surface area contributed by atoms with Crippen LogP contribution in [0.2, 0.25) is 0 Å². The minimum absolute atomic E-state index is 0.00759. The summed E-state index contributed by atoms with van der Waals surface area (Å²) in [7, 11) is -19.4. The second-order valence-corrected chi connectivity index (χ2v) is 21.2. The van der Waals surface area contributed by atoms with Crippen LogP contribution in [0.3, 0.4) is 0 Å². The molecule has 0 bridgehead atoms. The van der Waals surface area contributed by atoms with E-state index >= 15 is 0 Å². The number of Topliss-reactive ketones (excluding diaryl/α,β-unsaturated/α-hetero) is 1. The summed E-state index contributed by atoms with van der Waals surface area (Å²) in [4.78, 5) is 86.4. The molecular weight excluding hydrogens is 859 g/mol. The molecule has 2 aromatic heterocycles. The van der Waals surface area contributed by atoms with Gasteiger partial charge in [-0.15, -0.1) is 0 Å². The minimum atomic E-state index is -5.59. The second-order valence-electron chi connectivity index (χ2n) is 12.6. The largest absolute Gasteiger partial charge is 0.481 e. The molecular formula is C25H42N7O19P3S2. The number of hydrogen-bond donors (Lipinski definition) is 9. The Morgan fingerprint density at radius 1 is 1.05 bits per heavy atom. The van der Waals surface area contributed by atoms with Crippen LogP contribution in [0.5, 0.6) is 0 Å². The van der Waals surface area contributed by atoms with Gasteiger partial charge in [0, 0.05) is 37.1 Å². The lowest BCUT2D eigenvalue weighted by molar-refractivity contribution is -0.137. The van der Waals surface area contributed by atoms with Crippen LogP contribution in [0.1, 0.15) is 39.8 Å². The van der Waals surface area contributed by atoms with Crippen molar-refractivity contribution in [2.24, 2.45) is 5.41 Å². The van der Waals surface area contributed by atoms with Crippen LogP contribution in [0.15, 0.2) is 12.7 Å². The molecule has 1 aliphatic heterocycles. The van der Waals surface area contributed by atoms with Gasteiger partial charge in [0.05, 0.1) is 25.3 Å². The molecule has 3 rings (SSSR count). The molecule has 0 aromatic carbocycles. The molecule has 1 aliphatic rings. The van der Waals surface area contributed by atoms with Crippen LogP contribution < -0.4 is 16.4 Å². The summed E-state index contributed by atoms with van der Waals surface area (Å²) in [6.45, 7) is 1.31.